The van der Waals surface area contributed by atoms with Crippen molar-refractivity contribution in [1.82, 2.24) is 5.32 Å². The molecule has 116 valence electrons. The van der Waals surface area contributed by atoms with Gasteiger partial charge < -0.3 is 10.1 Å². The molecular formula is C17H23Br2NO. The van der Waals surface area contributed by atoms with E-state index < -0.39 is 0 Å². The van der Waals surface area contributed by atoms with Crippen LogP contribution in [0.2, 0.25) is 0 Å². The molecule has 2 bridgehead atoms. The highest BCUT2D eigenvalue weighted by molar-refractivity contribution is 9.11. The molecule has 0 aliphatic heterocycles. The van der Waals surface area contributed by atoms with Gasteiger partial charge >= 0.3 is 0 Å². The summed E-state index contributed by atoms with van der Waals surface area (Å²) in [5.41, 5.74) is 1.20. The van der Waals surface area contributed by atoms with Gasteiger partial charge in [0.2, 0.25) is 0 Å². The predicted octanol–water partition coefficient (Wildman–Crippen LogP) is 5.13. The van der Waals surface area contributed by atoms with E-state index in [1.54, 1.807) is 7.11 Å². The van der Waals surface area contributed by atoms with E-state index in [-0.39, 0.29) is 0 Å². The minimum atomic E-state index is 0.586. The maximum absolute atomic E-state index is 5.53. The molecule has 2 aliphatic rings. The van der Waals surface area contributed by atoms with E-state index in [1.165, 1.54) is 31.2 Å². The van der Waals surface area contributed by atoms with Gasteiger partial charge in [0.25, 0.3) is 0 Å². The Balaban J connectivity index is 1.65. The van der Waals surface area contributed by atoms with Gasteiger partial charge in [-0.3, -0.25) is 0 Å². The molecule has 1 aromatic rings. The number of benzene rings is 1. The highest BCUT2D eigenvalue weighted by atomic mass is 79.9. The molecule has 2 nitrogen and oxygen atoms in total. The summed E-state index contributed by atoms with van der Waals surface area (Å²) in [6.45, 7) is 3.21. The third-order valence-electron chi connectivity index (χ3n) is 5.34. The van der Waals surface area contributed by atoms with Crippen molar-refractivity contribution in [2.45, 2.75) is 45.2 Å². The molecule has 4 heteroatoms. The number of methoxy groups -OCH3 is 1. The van der Waals surface area contributed by atoms with E-state index in [1.807, 2.05) is 6.07 Å². The normalized spacial score (nSPS) is 28.9. The van der Waals surface area contributed by atoms with Gasteiger partial charge in [0.15, 0.2) is 0 Å². The Morgan fingerprint density at radius 1 is 1.29 bits per heavy atom. The summed E-state index contributed by atoms with van der Waals surface area (Å²) in [5, 5.41) is 3.73. The average molecular weight is 417 g/mol. The first-order valence-electron chi connectivity index (χ1n) is 7.83. The van der Waals surface area contributed by atoms with Crippen molar-refractivity contribution in [2.75, 3.05) is 7.11 Å². The van der Waals surface area contributed by atoms with E-state index in [0.29, 0.717) is 6.04 Å². The predicted molar refractivity (Wildman–Crippen MR) is 93.6 cm³/mol. The topological polar surface area (TPSA) is 21.3 Å². The summed E-state index contributed by atoms with van der Waals surface area (Å²) >= 11 is 7.14. The highest BCUT2D eigenvalue weighted by Gasteiger charge is 2.41. The smallest absolute Gasteiger partial charge is 0.137 e. The van der Waals surface area contributed by atoms with Gasteiger partial charge in [-0.2, -0.15) is 0 Å². The van der Waals surface area contributed by atoms with E-state index >= 15 is 0 Å². The monoisotopic (exact) mass is 415 g/mol. The highest BCUT2D eigenvalue weighted by Crippen LogP contribution is 2.49. The molecule has 2 saturated carbocycles. The van der Waals surface area contributed by atoms with Gasteiger partial charge in [0, 0.05) is 22.6 Å². The number of halogens is 2. The molecule has 4 atom stereocenters. The van der Waals surface area contributed by atoms with Crippen LogP contribution >= 0.6 is 31.9 Å². The Hall–Kier alpha value is -0.0600. The standard InChI is InChI=1S/C17H23Br2NO/c1-10(15-6-11-3-4-12(15)5-11)20-9-13-7-14(18)8-16(19)17(13)21-2/h7-8,10-12,15,20H,3-6,9H2,1-2H3. The molecular weight excluding hydrogens is 394 g/mol. The minimum absolute atomic E-state index is 0.586. The molecule has 2 fully saturated rings. The van der Waals surface area contributed by atoms with Crippen LogP contribution < -0.4 is 10.1 Å². The number of rotatable bonds is 5. The number of ether oxygens (including phenoxy) is 1. The van der Waals surface area contributed by atoms with Crippen LogP contribution in [0.1, 0.15) is 38.2 Å². The fourth-order valence-electron chi connectivity index (χ4n) is 4.30. The first-order chi connectivity index (χ1) is 10.1. The van der Waals surface area contributed by atoms with Crippen molar-refractivity contribution >= 4 is 31.9 Å². The van der Waals surface area contributed by atoms with Crippen molar-refractivity contribution in [3.8, 4) is 5.75 Å². The average Bonchev–Trinajstić information content (AvgIpc) is 3.06. The van der Waals surface area contributed by atoms with Gasteiger partial charge in [-0.25, -0.2) is 0 Å². The van der Waals surface area contributed by atoms with Crippen molar-refractivity contribution < 1.29 is 4.74 Å². The number of hydrogen-bond acceptors (Lipinski definition) is 2. The summed E-state index contributed by atoms with van der Waals surface area (Å²) in [7, 11) is 1.73. The zero-order valence-electron chi connectivity index (χ0n) is 12.7. The molecule has 0 spiro atoms. The molecule has 0 amide bonds. The lowest BCUT2D eigenvalue weighted by atomic mass is 9.84. The first kappa shape index (κ1) is 15.8. The van der Waals surface area contributed by atoms with Crippen LogP contribution in [0.15, 0.2) is 21.1 Å². The molecule has 1 aromatic carbocycles. The zero-order chi connectivity index (χ0) is 15.0. The molecule has 0 radical (unpaired) electrons. The maximum atomic E-state index is 5.53. The zero-order valence-corrected chi connectivity index (χ0v) is 15.8. The fourth-order valence-corrected chi connectivity index (χ4v) is 5.78. The van der Waals surface area contributed by atoms with Crippen LogP contribution in [0, 0.1) is 17.8 Å². The SMILES string of the molecule is COc1c(Br)cc(Br)cc1CNC(C)C1CC2CCC1C2. The molecule has 3 rings (SSSR count). The largest absolute Gasteiger partial charge is 0.495 e. The Labute approximate surface area is 144 Å². The van der Waals surface area contributed by atoms with Crippen LogP contribution in [0.4, 0.5) is 0 Å². The summed E-state index contributed by atoms with van der Waals surface area (Å²) in [4.78, 5) is 0. The second-order valence-corrected chi connectivity index (χ2v) is 8.36. The van der Waals surface area contributed by atoms with Gasteiger partial charge in [-0.05, 0) is 72.0 Å². The molecule has 1 N–H and O–H groups in total. The van der Waals surface area contributed by atoms with Crippen LogP contribution in [0.25, 0.3) is 0 Å². The molecule has 0 aromatic heterocycles. The Morgan fingerprint density at radius 2 is 2.10 bits per heavy atom. The Morgan fingerprint density at radius 3 is 2.71 bits per heavy atom. The quantitative estimate of drug-likeness (QED) is 0.717. The molecule has 0 heterocycles. The van der Waals surface area contributed by atoms with Gasteiger partial charge in [0.1, 0.15) is 5.75 Å². The van der Waals surface area contributed by atoms with E-state index in [0.717, 1.165) is 39.0 Å². The third kappa shape index (κ3) is 3.32. The second kappa shape index (κ2) is 6.59. The summed E-state index contributed by atoms with van der Waals surface area (Å²) in [6, 6.07) is 4.76. The lowest BCUT2D eigenvalue weighted by molar-refractivity contribution is 0.258. The van der Waals surface area contributed by atoms with Crippen LogP contribution in [-0.4, -0.2) is 13.2 Å². The maximum Gasteiger partial charge on any atom is 0.137 e. The summed E-state index contributed by atoms with van der Waals surface area (Å²) < 4.78 is 7.62. The van der Waals surface area contributed by atoms with Crippen molar-refractivity contribution in [1.29, 1.82) is 0 Å². The minimum Gasteiger partial charge on any atom is -0.495 e. The van der Waals surface area contributed by atoms with Crippen LogP contribution in [-0.2, 0) is 6.54 Å². The van der Waals surface area contributed by atoms with Crippen molar-refractivity contribution in [3.05, 3.63) is 26.6 Å². The lowest BCUT2D eigenvalue weighted by Gasteiger charge is -2.29. The van der Waals surface area contributed by atoms with Crippen molar-refractivity contribution in [3.63, 3.8) is 0 Å². The van der Waals surface area contributed by atoms with E-state index in [2.05, 4.69) is 50.2 Å². The first-order valence-corrected chi connectivity index (χ1v) is 9.42. The number of nitrogens with one attached hydrogen (secondary N) is 1. The van der Waals surface area contributed by atoms with Gasteiger partial charge in [0.05, 0.1) is 11.6 Å². The third-order valence-corrected chi connectivity index (χ3v) is 6.39. The van der Waals surface area contributed by atoms with E-state index in [9.17, 15) is 0 Å². The summed E-state index contributed by atoms with van der Waals surface area (Å²) in [6.07, 6.45) is 5.83. The Bertz CT molecular complexity index is 520. The molecule has 4 unspecified atom stereocenters. The Kier molecular flexibility index (Phi) is 4.97. The lowest BCUT2D eigenvalue weighted by Crippen LogP contribution is -2.35. The number of hydrogen-bond donors (Lipinski definition) is 1. The van der Waals surface area contributed by atoms with Gasteiger partial charge in [-0.1, -0.05) is 22.4 Å². The molecule has 2 aliphatic carbocycles. The van der Waals surface area contributed by atoms with Gasteiger partial charge in [-0.15, -0.1) is 0 Å². The number of fused-ring (bicyclic) bond motifs is 2. The second-order valence-electron chi connectivity index (χ2n) is 6.59. The van der Waals surface area contributed by atoms with E-state index in [4.69, 9.17) is 4.74 Å². The van der Waals surface area contributed by atoms with Crippen molar-refractivity contribution in [2.24, 2.45) is 17.8 Å². The van der Waals surface area contributed by atoms with Crippen LogP contribution in [0.3, 0.4) is 0 Å². The summed E-state index contributed by atoms with van der Waals surface area (Å²) in [5.74, 6) is 3.78. The molecule has 21 heavy (non-hydrogen) atoms. The molecule has 0 saturated heterocycles. The van der Waals surface area contributed by atoms with Crippen LogP contribution in [0.5, 0.6) is 5.75 Å². The fraction of sp³-hybridized carbons (Fsp3) is 0.647.